The van der Waals surface area contributed by atoms with Crippen LogP contribution < -0.4 is 4.74 Å². The number of fused-ring (bicyclic) bond motifs is 3. The Labute approximate surface area is 167 Å². The number of carboxylic acid groups (broad SMARTS) is 1. The van der Waals surface area contributed by atoms with Crippen molar-refractivity contribution in [3.05, 3.63) is 77.1 Å². The predicted molar refractivity (Wildman–Crippen MR) is 107 cm³/mol. The Morgan fingerprint density at radius 3 is 2.41 bits per heavy atom. The van der Waals surface area contributed by atoms with Crippen LogP contribution in [0.25, 0.3) is 22.3 Å². The molecular formula is C23H18FNO4. The van der Waals surface area contributed by atoms with Gasteiger partial charge in [-0.3, -0.25) is 4.79 Å². The Kier molecular flexibility index (Phi) is 4.54. The second-order valence-corrected chi connectivity index (χ2v) is 7.04. The molecule has 1 aliphatic rings. The van der Waals surface area contributed by atoms with Gasteiger partial charge in [0.15, 0.2) is 0 Å². The first-order valence-corrected chi connectivity index (χ1v) is 9.01. The standard InChI is InChI=1S/C23H18FNO4/c1-25(2)22(26)13-7-8-15-14(9-13)12-29-21-11-17(16-5-3-4-6-20(16)24)19(23(27)28)10-18(15)21/h3-11H,12H2,1-2H3,(H,27,28). The number of aromatic carboxylic acids is 1. The van der Waals surface area contributed by atoms with E-state index in [0.717, 1.165) is 11.1 Å². The number of nitrogens with zero attached hydrogens (tertiary/aromatic N) is 1. The van der Waals surface area contributed by atoms with E-state index in [1.165, 1.54) is 17.0 Å². The summed E-state index contributed by atoms with van der Waals surface area (Å²) in [5, 5.41) is 9.73. The Morgan fingerprint density at radius 1 is 0.966 bits per heavy atom. The monoisotopic (exact) mass is 391 g/mol. The molecule has 6 heteroatoms. The van der Waals surface area contributed by atoms with Gasteiger partial charge in [0.25, 0.3) is 5.91 Å². The minimum atomic E-state index is -1.16. The van der Waals surface area contributed by atoms with Crippen molar-refractivity contribution in [3.63, 3.8) is 0 Å². The third-order valence-electron chi connectivity index (χ3n) is 4.95. The van der Waals surface area contributed by atoms with Crippen LogP contribution in [0.3, 0.4) is 0 Å². The molecule has 5 nitrogen and oxygen atoms in total. The first-order chi connectivity index (χ1) is 13.9. The number of hydrogen-bond donors (Lipinski definition) is 1. The minimum absolute atomic E-state index is 0.0151. The molecule has 0 atom stereocenters. The zero-order chi connectivity index (χ0) is 20.7. The SMILES string of the molecule is CN(C)C(=O)c1ccc2c(c1)COc1cc(-c3ccccc3F)c(C(=O)O)cc1-2. The Morgan fingerprint density at radius 2 is 1.72 bits per heavy atom. The van der Waals surface area contributed by atoms with E-state index in [1.54, 1.807) is 56.6 Å². The van der Waals surface area contributed by atoms with E-state index in [1.807, 2.05) is 0 Å². The summed E-state index contributed by atoms with van der Waals surface area (Å²) in [6.07, 6.45) is 0. The lowest BCUT2D eigenvalue weighted by atomic mass is 9.90. The summed E-state index contributed by atoms with van der Waals surface area (Å²) < 4.78 is 20.1. The molecular weight excluding hydrogens is 373 g/mol. The van der Waals surface area contributed by atoms with Gasteiger partial charge in [-0.1, -0.05) is 24.3 Å². The molecule has 1 amide bonds. The zero-order valence-corrected chi connectivity index (χ0v) is 15.9. The molecule has 1 heterocycles. The van der Waals surface area contributed by atoms with Crippen molar-refractivity contribution >= 4 is 11.9 Å². The number of benzene rings is 3. The van der Waals surface area contributed by atoms with E-state index in [-0.39, 0.29) is 29.2 Å². The average Bonchev–Trinajstić information content (AvgIpc) is 2.71. The van der Waals surface area contributed by atoms with E-state index in [0.29, 0.717) is 16.9 Å². The fourth-order valence-corrected chi connectivity index (χ4v) is 3.51. The van der Waals surface area contributed by atoms with E-state index < -0.39 is 11.8 Å². The Balaban J connectivity index is 1.88. The molecule has 1 N–H and O–H groups in total. The highest BCUT2D eigenvalue weighted by Gasteiger charge is 2.24. The molecule has 0 fully saturated rings. The maximum absolute atomic E-state index is 14.3. The number of hydrogen-bond acceptors (Lipinski definition) is 3. The van der Waals surface area contributed by atoms with Crippen molar-refractivity contribution in [2.45, 2.75) is 6.61 Å². The molecule has 0 unspecified atom stereocenters. The summed E-state index contributed by atoms with van der Waals surface area (Å²) in [4.78, 5) is 25.6. The first-order valence-electron chi connectivity index (χ1n) is 9.01. The third-order valence-corrected chi connectivity index (χ3v) is 4.95. The number of rotatable bonds is 3. The molecule has 0 bridgehead atoms. The lowest BCUT2D eigenvalue weighted by molar-refractivity contribution is 0.0697. The average molecular weight is 391 g/mol. The summed E-state index contributed by atoms with van der Waals surface area (Å²) in [5.41, 5.74) is 3.17. The molecule has 4 rings (SSSR count). The van der Waals surface area contributed by atoms with Gasteiger partial charge in [-0.25, -0.2) is 9.18 Å². The van der Waals surface area contributed by atoms with Crippen molar-refractivity contribution in [2.75, 3.05) is 14.1 Å². The summed E-state index contributed by atoms with van der Waals surface area (Å²) in [5.74, 6) is -1.30. The fraction of sp³-hybridized carbons (Fsp3) is 0.130. The maximum Gasteiger partial charge on any atom is 0.336 e. The van der Waals surface area contributed by atoms with Crippen LogP contribution in [0.15, 0.2) is 54.6 Å². The fourth-order valence-electron chi connectivity index (χ4n) is 3.51. The molecule has 146 valence electrons. The van der Waals surface area contributed by atoms with Crippen LogP contribution in [0.2, 0.25) is 0 Å². The van der Waals surface area contributed by atoms with Crippen LogP contribution in [0, 0.1) is 5.82 Å². The minimum Gasteiger partial charge on any atom is -0.488 e. The summed E-state index contributed by atoms with van der Waals surface area (Å²) >= 11 is 0. The molecule has 0 aromatic heterocycles. The van der Waals surface area contributed by atoms with Crippen molar-refractivity contribution in [2.24, 2.45) is 0 Å². The topological polar surface area (TPSA) is 66.8 Å². The highest BCUT2D eigenvalue weighted by atomic mass is 19.1. The Bertz CT molecular complexity index is 1150. The van der Waals surface area contributed by atoms with Crippen molar-refractivity contribution in [3.8, 4) is 28.0 Å². The lowest BCUT2D eigenvalue weighted by Crippen LogP contribution is -2.22. The van der Waals surface area contributed by atoms with E-state index >= 15 is 0 Å². The van der Waals surface area contributed by atoms with Crippen molar-refractivity contribution in [1.82, 2.24) is 4.90 Å². The summed E-state index contributed by atoms with van der Waals surface area (Å²) in [7, 11) is 3.36. The molecule has 0 radical (unpaired) electrons. The summed E-state index contributed by atoms with van der Waals surface area (Å²) in [6.45, 7) is 0.236. The van der Waals surface area contributed by atoms with Crippen molar-refractivity contribution in [1.29, 1.82) is 0 Å². The van der Waals surface area contributed by atoms with Crippen LogP contribution in [-0.4, -0.2) is 36.0 Å². The molecule has 1 aliphatic heterocycles. The number of ether oxygens (including phenoxy) is 1. The second-order valence-electron chi connectivity index (χ2n) is 7.04. The van der Waals surface area contributed by atoms with Crippen LogP contribution >= 0.6 is 0 Å². The number of carbonyl (C=O) groups is 2. The van der Waals surface area contributed by atoms with Gasteiger partial charge in [0.1, 0.15) is 18.2 Å². The largest absolute Gasteiger partial charge is 0.488 e. The van der Waals surface area contributed by atoms with Gasteiger partial charge in [-0.2, -0.15) is 0 Å². The van der Waals surface area contributed by atoms with Crippen LogP contribution in [0.5, 0.6) is 5.75 Å². The molecule has 29 heavy (non-hydrogen) atoms. The number of halogens is 1. The molecule has 3 aromatic rings. The van der Waals surface area contributed by atoms with Gasteiger partial charge >= 0.3 is 5.97 Å². The smallest absolute Gasteiger partial charge is 0.336 e. The van der Waals surface area contributed by atoms with Crippen LogP contribution in [0.1, 0.15) is 26.3 Å². The highest BCUT2D eigenvalue weighted by Crippen LogP contribution is 2.42. The van der Waals surface area contributed by atoms with Crippen LogP contribution in [-0.2, 0) is 6.61 Å². The Hall–Kier alpha value is -3.67. The van der Waals surface area contributed by atoms with Gasteiger partial charge in [0, 0.05) is 36.3 Å². The molecule has 0 aliphatic carbocycles. The number of carbonyl (C=O) groups excluding carboxylic acids is 1. The third kappa shape index (κ3) is 3.23. The number of carboxylic acids is 1. The second kappa shape index (κ2) is 7.05. The highest BCUT2D eigenvalue weighted by molar-refractivity contribution is 6.00. The van der Waals surface area contributed by atoms with Gasteiger partial charge in [-0.05, 0) is 41.5 Å². The van der Waals surface area contributed by atoms with Gasteiger partial charge < -0.3 is 14.7 Å². The van der Waals surface area contributed by atoms with Crippen molar-refractivity contribution < 1.29 is 23.8 Å². The molecule has 3 aromatic carbocycles. The van der Waals surface area contributed by atoms with Crippen LogP contribution in [0.4, 0.5) is 4.39 Å². The van der Waals surface area contributed by atoms with E-state index in [2.05, 4.69) is 0 Å². The molecule has 0 saturated heterocycles. The lowest BCUT2D eigenvalue weighted by Gasteiger charge is -2.23. The quantitative estimate of drug-likeness (QED) is 0.716. The number of amides is 1. The van der Waals surface area contributed by atoms with Gasteiger partial charge in [-0.15, -0.1) is 0 Å². The van der Waals surface area contributed by atoms with E-state index in [4.69, 9.17) is 4.74 Å². The first kappa shape index (κ1) is 18.7. The summed E-state index contributed by atoms with van der Waals surface area (Å²) in [6, 6.07) is 14.4. The zero-order valence-electron chi connectivity index (χ0n) is 15.9. The predicted octanol–water partition coefficient (Wildman–Crippen LogP) is 4.45. The molecule has 0 spiro atoms. The van der Waals surface area contributed by atoms with Gasteiger partial charge in [0.2, 0.25) is 0 Å². The van der Waals surface area contributed by atoms with Gasteiger partial charge in [0.05, 0.1) is 5.56 Å². The molecule has 0 saturated carbocycles. The maximum atomic E-state index is 14.3. The van der Waals surface area contributed by atoms with E-state index in [9.17, 15) is 19.1 Å². The normalized spacial score (nSPS) is 11.8.